The van der Waals surface area contributed by atoms with E-state index in [0.29, 0.717) is 5.92 Å². The molecular weight excluding hydrogens is 280 g/mol. The van der Waals surface area contributed by atoms with Crippen molar-refractivity contribution in [2.45, 2.75) is 26.7 Å². The number of nitrogens with zero attached hydrogens (tertiary/aromatic N) is 2. The third kappa shape index (κ3) is 8.73. The topological polar surface area (TPSA) is 39.7 Å². The van der Waals surface area contributed by atoms with Crippen LogP contribution in [0.15, 0.2) is 22.5 Å². The van der Waals surface area contributed by atoms with Crippen LogP contribution in [-0.4, -0.2) is 51.1 Å². The molecule has 5 heteroatoms. The molecule has 0 fully saturated rings. The van der Waals surface area contributed by atoms with Crippen molar-refractivity contribution in [3.63, 3.8) is 0 Å². The maximum absolute atomic E-state index is 4.70. The van der Waals surface area contributed by atoms with Gasteiger partial charge in [-0.2, -0.15) is 0 Å². The second-order valence-electron chi connectivity index (χ2n) is 5.69. The van der Waals surface area contributed by atoms with E-state index in [1.54, 1.807) is 0 Å². The quantitative estimate of drug-likeness (QED) is 0.418. The Kier molecular flexibility index (Phi) is 9.10. The van der Waals surface area contributed by atoms with Crippen molar-refractivity contribution in [1.29, 1.82) is 0 Å². The van der Waals surface area contributed by atoms with E-state index < -0.39 is 0 Å². The molecule has 1 aromatic rings. The summed E-state index contributed by atoms with van der Waals surface area (Å²) in [5.41, 5.74) is 0. The summed E-state index contributed by atoms with van der Waals surface area (Å²) in [6.45, 7) is 8.19. The summed E-state index contributed by atoms with van der Waals surface area (Å²) in [7, 11) is 4.21. The van der Waals surface area contributed by atoms with Gasteiger partial charge < -0.3 is 15.5 Å². The number of guanidine groups is 1. The van der Waals surface area contributed by atoms with E-state index in [1.807, 2.05) is 11.3 Å². The van der Waals surface area contributed by atoms with Crippen LogP contribution >= 0.6 is 11.3 Å². The lowest BCUT2D eigenvalue weighted by atomic mass is 10.1. The standard InChI is InChI=1S/C16H30N4S/c1-5-17-16(18-9-7-10-20(3)4)19-13-14(2)12-15-8-6-11-21-15/h6,8,11,14H,5,7,9-10,12-13H2,1-4H3,(H2,17,18,19). The van der Waals surface area contributed by atoms with Crippen LogP contribution in [0.25, 0.3) is 0 Å². The molecule has 0 aliphatic rings. The zero-order valence-electron chi connectivity index (χ0n) is 13.9. The fraction of sp³-hybridized carbons (Fsp3) is 0.688. The first kappa shape index (κ1) is 18.0. The Morgan fingerprint density at radius 2 is 2.19 bits per heavy atom. The molecule has 0 aliphatic heterocycles. The largest absolute Gasteiger partial charge is 0.357 e. The molecule has 0 saturated carbocycles. The van der Waals surface area contributed by atoms with E-state index in [9.17, 15) is 0 Å². The summed E-state index contributed by atoms with van der Waals surface area (Å²) in [6, 6.07) is 4.32. The van der Waals surface area contributed by atoms with Gasteiger partial charge in [0, 0.05) is 24.5 Å². The number of aliphatic imine (C=N–C) groups is 1. The van der Waals surface area contributed by atoms with Crippen LogP contribution in [-0.2, 0) is 6.42 Å². The summed E-state index contributed by atoms with van der Waals surface area (Å²) in [5, 5.41) is 8.86. The first-order valence-electron chi connectivity index (χ1n) is 7.81. The van der Waals surface area contributed by atoms with Crippen molar-refractivity contribution < 1.29 is 0 Å². The van der Waals surface area contributed by atoms with Crippen LogP contribution < -0.4 is 10.6 Å². The summed E-state index contributed by atoms with van der Waals surface area (Å²) < 4.78 is 0. The lowest BCUT2D eigenvalue weighted by Gasteiger charge is -2.14. The highest BCUT2D eigenvalue weighted by atomic mass is 32.1. The van der Waals surface area contributed by atoms with Gasteiger partial charge in [-0.1, -0.05) is 13.0 Å². The molecule has 21 heavy (non-hydrogen) atoms. The molecule has 1 heterocycles. The normalized spacial score (nSPS) is 13.5. The second kappa shape index (κ2) is 10.6. The molecule has 0 radical (unpaired) electrons. The molecule has 1 aromatic heterocycles. The number of rotatable bonds is 9. The third-order valence-corrected chi connectivity index (χ3v) is 4.01. The molecule has 1 rings (SSSR count). The van der Waals surface area contributed by atoms with Crippen LogP contribution in [0.5, 0.6) is 0 Å². The monoisotopic (exact) mass is 310 g/mol. The number of thiophene rings is 1. The van der Waals surface area contributed by atoms with Crippen molar-refractivity contribution >= 4 is 17.3 Å². The summed E-state index contributed by atoms with van der Waals surface area (Å²) in [6.07, 6.45) is 2.24. The van der Waals surface area contributed by atoms with Crippen LogP contribution in [0.4, 0.5) is 0 Å². The van der Waals surface area contributed by atoms with Gasteiger partial charge in [-0.3, -0.25) is 4.99 Å². The fourth-order valence-corrected chi connectivity index (χ4v) is 2.90. The Morgan fingerprint density at radius 1 is 1.38 bits per heavy atom. The molecule has 0 aromatic carbocycles. The van der Waals surface area contributed by atoms with Gasteiger partial charge >= 0.3 is 0 Å². The first-order valence-corrected chi connectivity index (χ1v) is 8.69. The Morgan fingerprint density at radius 3 is 2.81 bits per heavy atom. The van der Waals surface area contributed by atoms with Gasteiger partial charge in [0.25, 0.3) is 0 Å². The van der Waals surface area contributed by atoms with Crippen molar-refractivity contribution in [3.8, 4) is 0 Å². The maximum atomic E-state index is 4.70. The van der Waals surface area contributed by atoms with Crippen molar-refractivity contribution in [2.75, 3.05) is 40.3 Å². The van der Waals surface area contributed by atoms with Gasteiger partial charge in [0.05, 0.1) is 0 Å². The molecule has 1 unspecified atom stereocenters. The van der Waals surface area contributed by atoms with Gasteiger partial charge in [0.1, 0.15) is 0 Å². The smallest absolute Gasteiger partial charge is 0.191 e. The van der Waals surface area contributed by atoms with E-state index in [4.69, 9.17) is 4.99 Å². The first-order chi connectivity index (χ1) is 10.1. The summed E-state index contributed by atoms with van der Waals surface area (Å²) in [4.78, 5) is 8.35. The minimum atomic E-state index is 0.570. The number of hydrogen-bond acceptors (Lipinski definition) is 3. The Labute approximate surface area is 133 Å². The third-order valence-electron chi connectivity index (χ3n) is 3.11. The van der Waals surface area contributed by atoms with E-state index in [2.05, 4.69) is 61.0 Å². The van der Waals surface area contributed by atoms with Gasteiger partial charge in [-0.15, -0.1) is 11.3 Å². The minimum absolute atomic E-state index is 0.570. The summed E-state index contributed by atoms with van der Waals surface area (Å²) >= 11 is 1.83. The van der Waals surface area contributed by atoms with Gasteiger partial charge in [0.15, 0.2) is 5.96 Å². The van der Waals surface area contributed by atoms with E-state index in [1.165, 1.54) is 4.88 Å². The highest BCUT2D eigenvalue weighted by Crippen LogP contribution is 2.14. The van der Waals surface area contributed by atoms with Crippen LogP contribution in [0.1, 0.15) is 25.1 Å². The predicted octanol–water partition coefficient (Wildman–Crippen LogP) is 2.43. The molecule has 4 nitrogen and oxygen atoms in total. The molecule has 0 spiro atoms. The second-order valence-corrected chi connectivity index (χ2v) is 6.72. The molecule has 1 atom stereocenters. The molecule has 0 aliphatic carbocycles. The van der Waals surface area contributed by atoms with Gasteiger partial charge in [-0.25, -0.2) is 0 Å². The highest BCUT2D eigenvalue weighted by Gasteiger charge is 2.05. The molecule has 120 valence electrons. The lowest BCUT2D eigenvalue weighted by molar-refractivity contribution is 0.399. The highest BCUT2D eigenvalue weighted by molar-refractivity contribution is 7.09. The Balaban J connectivity index is 2.32. The van der Waals surface area contributed by atoms with E-state index in [0.717, 1.165) is 45.0 Å². The van der Waals surface area contributed by atoms with Crippen molar-refractivity contribution in [2.24, 2.45) is 10.9 Å². The SMILES string of the molecule is CCNC(=NCC(C)Cc1cccs1)NCCCN(C)C. The molecule has 0 amide bonds. The molecule has 2 N–H and O–H groups in total. The zero-order chi connectivity index (χ0) is 15.5. The van der Waals surface area contributed by atoms with E-state index >= 15 is 0 Å². The number of nitrogens with one attached hydrogen (secondary N) is 2. The van der Waals surface area contributed by atoms with Gasteiger partial charge in [0.2, 0.25) is 0 Å². The number of hydrogen-bond donors (Lipinski definition) is 2. The van der Waals surface area contributed by atoms with Gasteiger partial charge in [-0.05, 0) is 57.8 Å². The molecule has 0 saturated heterocycles. The van der Waals surface area contributed by atoms with Crippen molar-refractivity contribution in [1.82, 2.24) is 15.5 Å². The lowest BCUT2D eigenvalue weighted by Crippen LogP contribution is -2.38. The fourth-order valence-electron chi connectivity index (χ4n) is 2.03. The average molecular weight is 311 g/mol. The van der Waals surface area contributed by atoms with Crippen LogP contribution in [0.3, 0.4) is 0 Å². The molecular formula is C16H30N4S. The van der Waals surface area contributed by atoms with Crippen LogP contribution in [0.2, 0.25) is 0 Å². The van der Waals surface area contributed by atoms with Crippen LogP contribution in [0, 0.1) is 5.92 Å². The van der Waals surface area contributed by atoms with Crippen molar-refractivity contribution in [3.05, 3.63) is 22.4 Å². The average Bonchev–Trinajstić information content (AvgIpc) is 2.93. The Bertz CT molecular complexity index is 387. The predicted molar refractivity (Wildman–Crippen MR) is 94.3 cm³/mol. The minimum Gasteiger partial charge on any atom is -0.357 e. The summed E-state index contributed by atoms with van der Waals surface area (Å²) in [5.74, 6) is 1.51. The van der Waals surface area contributed by atoms with E-state index in [-0.39, 0.29) is 0 Å². The molecule has 0 bridgehead atoms. The zero-order valence-corrected chi connectivity index (χ0v) is 14.7. The maximum Gasteiger partial charge on any atom is 0.191 e. The Hall–Kier alpha value is -1.07.